The molecule has 6 unspecified atom stereocenters. The summed E-state index contributed by atoms with van der Waals surface area (Å²) in [6, 6.07) is 0. The molecule has 4 aliphatic rings. The second kappa shape index (κ2) is 26.9. The zero-order valence-electron chi connectivity index (χ0n) is 37.5. The van der Waals surface area contributed by atoms with Crippen molar-refractivity contribution in [2.45, 2.75) is 145 Å². The Kier molecular flexibility index (Phi) is 23.7. The molecule has 4 saturated heterocycles. The van der Waals surface area contributed by atoms with Gasteiger partial charge in [-0.1, -0.05) is 41.5 Å². The van der Waals surface area contributed by atoms with Gasteiger partial charge in [-0.05, 0) is 53.4 Å². The minimum absolute atomic E-state index is 0.145. The molecule has 4 heterocycles. The predicted molar refractivity (Wildman–Crippen MR) is 211 cm³/mol. The summed E-state index contributed by atoms with van der Waals surface area (Å²) in [6.07, 6.45) is 1.25. The van der Waals surface area contributed by atoms with E-state index in [1.54, 1.807) is 41.5 Å². The maximum atomic E-state index is 11.6. The van der Waals surface area contributed by atoms with Crippen molar-refractivity contribution in [2.24, 2.45) is 22.7 Å². The van der Waals surface area contributed by atoms with E-state index in [0.29, 0.717) is 58.2 Å². The van der Waals surface area contributed by atoms with E-state index in [2.05, 4.69) is 14.2 Å². The van der Waals surface area contributed by atoms with Gasteiger partial charge in [0.15, 0.2) is 13.2 Å². The first-order valence-electron chi connectivity index (χ1n) is 20.8. The molecule has 0 aliphatic carbocycles. The van der Waals surface area contributed by atoms with Crippen molar-refractivity contribution in [3.05, 3.63) is 0 Å². The van der Waals surface area contributed by atoms with Gasteiger partial charge in [0.2, 0.25) is 24.4 Å². The lowest BCUT2D eigenvalue weighted by molar-refractivity contribution is -0.170. The summed E-state index contributed by atoms with van der Waals surface area (Å²) in [5, 5.41) is 0. The van der Waals surface area contributed by atoms with E-state index in [4.69, 9.17) is 33.2 Å². The molecule has 4 fully saturated rings. The molecule has 0 radical (unpaired) electrons. The Hall–Kier alpha value is -5.30. The highest BCUT2D eigenvalue weighted by Gasteiger charge is 2.36. The van der Waals surface area contributed by atoms with Crippen molar-refractivity contribution in [3.8, 4) is 0 Å². The molecule has 0 aromatic heterocycles. The lowest BCUT2D eigenvalue weighted by Gasteiger charge is -2.21. The third kappa shape index (κ3) is 19.2. The summed E-state index contributed by atoms with van der Waals surface area (Å²) in [4.78, 5) is 112. The fraction of sp³-hybridized carbons (Fsp3) is 0.762. The second-order valence-electron chi connectivity index (χ2n) is 15.9. The van der Waals surface area contributed by atoms with E-state index in [9.17, 15) is 47.9 Å². The molecule has 0 amide bonds. The van der Waals surface area contributed by atoms with Crippen LogP contribution in [-0.4, -0.2) is 124 Å². The number of hydrogen-bond donors (Lipinski definition) is 0. The molecule has 0 aromatic rings. The molecule has 0 spiro atoms. The molecular formula is C42H64O20. The summed E-state index contributed by atoms with van der Waals surface area (Å²) in [5.74, 6) is -5.36. The van der Waals surface area contributed by atoms with Crippen LogP contribution in [0.2, 0.25) is 0 Å². The van der Waals surface area contributed by atoms with E-state index in [1.807, 2.05) is 27.7 Å². The minimum atomic E-state index is -0.865. The molecule has 4 rings (SSSR count). The first kappa shape index (κ1) is 54.7. The Morgan fingerprint density at radius 1 is 0.500 bits per heavy atom. The molecule has 0 N–H and O–H groups in total. The third-order valence-electron chi connectivity index (χ3n) is 10.2. The molecule has 0 aromatic carbocycles. The normalized spacial score (nSPS) is 21.2. The average Bonchev–Trinajstić information content (AvgIpc) is 4.06. The Morgan fingerprint density at radius 2 is 0.823 bits per heavy atom. The van der Waals surface area contributed by atoms with Crippen molar-refractivity contribution < 1.29 is 95.3 Å². The lowest BCUT2D eigenvalue weighted by atomic mass is 9.90. The Morgan fingerprint density at radius 3 is 1.16 bits per heavy atom. The van der Waals surface area contributed by atoms with Gasteiger partial charge in [-0.15, -0.1) is 0 Å². The molecule has 0 saturated carbocycles. The number of carbonyl (C=O) groups excluding carboxylic acids is 10. The Balaban J connectivity index is 0.000000417. The van der Waals surface area contributed by atoms with E-state index in [1.165, 1.54) is 0 Å². The molecule has 0 bridgehead atoms. The van der Waals surface area contributed by atoms with Crippen LogP contribution in [0.25, 0.3) is 0 Å². The van der Waals surface area contributed by atoms with Crippen LogP contribution in [0.5, 0.6) is 0 Å². The zero-order chi connectivity index (χ0) is 47.2. The topological polar surface area (TPSA) is 263 Å². The second-order valence-corrected chi connectivity index (χ2v) is 15.9. The SMILES string of the molecule is CCC(C)(C)C(=O)OC1CCOC1=O.CCC(C)(C)C(=O)OCC(=O)OC1CCOC1=O.CCC(C)C(=O)OC1CCOC1=O.CCC(C)C(=O)OCC(=O)OC1CCOC1=O. The zero-order valence-corrected chi connectivity index (χ0v) is 37.5. The molecule has 20 heteroatoms. The number of cyclic esters (lactones) is 4. The predicted octanol–water partition coefficient (Wildman–Crippen LogP) is 3.43. The number of carbonyl (C=O) groups is 10. The molecule has 62 heavy (non-hydrogen) atoms. The maximum Gasteiger partial charge on any atom is 0.347 e. The number of esters is 10. The highest BCUT2D eigenvalue weighted by atomic mass is 16.6. The van der Waals surface area contributed by atoms with Crippen LogP contribution in [0.1, 0.15) is 121 Å². The highest BCUT2D eigenvalue weighted by molar-refractivity contribution is 5.85. The highest BCUT2D eigenvalue weighted by Crippen LogP contribution is 2.24. The van der Waals surface area contributed by atoms with Gasteiger partial charge in [-0.25, -0.2) is 28.8 Å². The van der Waals surface area contributed by atoms with Crippen molar-refractivity contribution in [1.29, 1.82) is 0 Å². The number of rotatable bonds is 16. The van der Waals surface area contributed by atoms with Crippen LogP contribution in [0, 0.1) is 22.7 Å². The van der Waals surface area contributed by atoms with Gasteiger partial charge in [0.05, 0.1) is 49.1 Å². The van der Waals surface area contributed by atoms with Crippen LogP contribution >= 0.6 is 0 Å². The standard InChI is InChI=1S/C12H18O6.C11H16O6.C10H16O4.C9H14O4/c1-4-12(2,3)11(15)17-7-9(13)18-8-5-6-16-10(8)14;1-3-7(2)10(13)16-6-9(12)17-8-4-5-15-11(8)14;1-4-10(2,3)9(12)14-7-5-6-13-8(7)11;1-3-6(2)8(10)13-7-4-5-12-9(7)11/h8H,4-7H2,1-3H3;7-8H,3-6H2,1-2H3;7H,4-6H2,1-3H3;6-7H,3-5H2,1-2H3. The third-order valence-corrected chi connectivity index (χ3v) is 10.2. The summed E-state index contributed by atoms with van der Waals surface area (Å²) < 4.78 is 47.9. The van der Waals surface area contributed by atoms with Gasteiger partial charge in [0.25, 0.3) is 0 Å². The largest absolute Gasteiger partial charge is 0.463 e. The van der Waals surface area contributed by atoms with Crippen molar-refractivity contribution in [3.63, 3.8) is 0 Å². The molecule has 352 valence electrons. The summed E-state index contributed by atoms with van der Waals surface area (Å²) in [5.41, 5.74) is -1.16. The Labute approximate surface area is 361 Å². The van der Waals surface area contributed by atoms with Gasteiger partial charge in [0, 0.05) is 25.7 Å². The van der Waals surface area contributed by atoms with E-state index < -0.39 is 96.2 Å². The number of ether oxygens (including phenoxy) is 10. The lowest BCUT2D eigenvalue weighted by Crippen LogP contribution is -2.32. The summed E-state index contributed by atoms with van der Waals surface area (Å²) >= 11 is 0. The quantitative estimate of drug-likeness (QED) is 0.159. The van der Waals surface area contributed by atoms with Gasteiger partial charge in [-0.2, -0.15) is 0 Å². The Bertz CT molecular complexity index is 1570. The van der Waals surface area contributed by atoms with Gasteiger partial charge >= 0.3 is 59.7 Å². The molecule has 6 atom stereocenters. The van der Waals surface area contributed by atoms with E-state index >= 15 is 0 Å². The van der Waals surface area contributed by atoms with E-state index in [0.717, 1.165) is 6.42 Å². The van der Waals surface area contributed by atoms with E-state index in [-0.39, 0.29) is 37.0 Å². The van der Waals surface area contributed by atoms with Gasteiger partial charge in [-0.3, -0.25) is 19.2 Å². The fourth-order valence-corrected chi connectivity index (χ4v) is 4.48. The minimum Gasteiger partial charge on any atom is -0.463 e. The van der Waals surface area contributed by atoms with Crippen molar-refractivity contribution in [1.82, 2.24) is 0 Å². The smallest absolute Gasteiger partial charge is 0.347 e. The van der Waals surface area contributed by atoms with Crippen molar-refractivity contribution >= 4 is 59.7 Å². The van der Waals surface area contributed by atoms with Crippen LogP contribution < -0.4 is 0 Å². The van der Waals surface area contributed by atoms with Crippen LogP contribution in [0.15, 0.2) is 0 Å². The summed E-state index contributed by atoms with van der Waals surface area (Å²) in [7, 11) is 0. The first-order chi connectivity index (χ1) is 29.0. The molecular weight excluding hydrogens is 824 g/mol. The van der Waals surface area contributed by atoms with Crippen LogP contribution in [-0.2, 0) is 95.3 Å². The maximum absolute atomic E-state index is 11.6. The van der Waals surface area contributed by atoms with Crippen LogP contribution in [0.3, 0.4) is 0 Å². The molecule has 4 aliphatic heterocycles. The monoisotopic (exact) mass is 888 g/mol. The fourth-order valence-electron chi connectivity index (χ4n) is 4.48. The first-order valence-corrected chi connectivity index (χ1v) is 20.8. The van der Waals surface area contributed by atoms with Crippen LogP contribution in [0.4, 0.5) is 0 Å². The van der Waals surface area contributed by atoms with Gasteiger partial charge in [0.1, 0.15) is 0 Å². The number of hydrogen-bond acceptors (Lipinski definition) is 20. The molecule has 20 nitrogen and oxygen atoms in total. The van der Waals surface area contributed by atoms with Gasteiger partial charge < -0.3 is 47.4 Å². The average molecular weight is 889 g/mol. The summed E-state index contributed by atoms with van der Waals surface area (Å²) in [6.45, 7) is 18.3. The van der Waals surface area contributed by atoms with Crippen molar-refractivity contribution in [2.75, 3.05) is 39.6 Å².